The van der Waals surface area contributed by atoms with Crippen LogP contribution in [0.2, 0.25) is 0 Å². The van der Waals surface area contributed by atoms with Crippen molar-refractivity contribution in [2.45, 2.75) is 71.0 Å². The molecule has 6 heteroatoms. The molecule has 5 heterocycles. The summed E-state index contributed by atoms with van der Waals surface area (Å²) in [6.45, 7) is 9.76. The van der Waals surface area contributed by atoms with Crippen molar-refractivity contribution in [3.8, 4) is 0 Å². The number of fused-ring (bicyclic) bond motifs is 6. The molecule has 3 aromatic heterocycles. The van der Waals surface area contributed by atoms with Crippen LogP contribution in [0.25, 0.3) is 5.65 Å². The minimum atomic E-state index is 0.0398. The third kappa shape index (κ3) is 2.53. The van der Waals surface area contributed by atoms with Gasteiger partial charge in [0.15, 0.2) is 5.65 Å². The molecule has 0 saturated carbocycles. The number of nitrogens with zero attached hydrogens (tertiary/aromatic N) is 6. The van der Waals surface area contributed by atoms with Gasteiger partial charge in [-0.15, -0.1) is 0 Å². The third-order valence-corrected chi connectivity index (χ3v) is 6.50. The summed E-state index contributed by atoms with van der Waals surface area (Å²) in [4.78, 5) is 7.43. The monoisotopic (exact) mass is 364 g/mol. The topological polar surface area (TPSA) is 51.3 Å². The van der Waals surface area contributed by atoms with Gasteiger partial charge >= 0.3 is 0 Å². The van der Waals surface area contributed by atoms with Crippen molar-refractivity contribution in [1.29, 1.82) is 0 Å². The predicted octanol–water partition coefficient (Wildman–Crippen LogP) is 3.33. The van der Waals surface area contributed by atoms with Crippen molar-refractivity contribution < 1.29 is 0 Å². The lowest BCUT2D eigenvalue weighted by Gasteiger charge is -2.36. The maximum absolute atomic E-state index is 4.94. The molecule has 3 aromatic rings. The van der Waals surface area contributed by atoms with E-state index in [1.54, 1.807) is 0 Å². The Kier molecular flexibility index (Phi) is 3.54. The van der Waals surface area contributed by atoms with Gasteiger partial charge in [0.2, 0.25) is 0 Å². The Morgan fingerprint density at radius 3 is 2.70 bits per heavy atom. The molecular formula is C21H28N6. The Morgan fingerprint density at radius 1 is 1.19 bits per heavy atom. The molecule has 0 aliphatic carbocycles. The van der Waals surface area contributed by atoms with Crippen LogP contribution in [-0.2, 0) is 25.4 Å². The van der Waals surface area contributed by atoms with Crippen LogP contribution < -0.4 is 0 Å². The number of rotatable bonds is 2. The van der Waals surface area contributed by atoms with E-state index in [0.29, 0.717) is 12.1 Å². The predicted molar refractivity (Wildman–Crippen MR) is 105 cm³/mol. The van der Waals surface area contributed by atoms with Crippen molar-refractivity contribution in [2.24, 2.45) is 7.05 Å². The minimum absolute atomic E-state index is 0.0398. The van der Waals surface area contributed by atoms with Gasteiger partial charge in [0.05, 0.1) is 17.6 Å². The first-order valence-electron chi connectivity index (χ1n) is 9.94. The normalized spacial score (nSPS) is 22.6. The first-order valence-corrected chi connectivity index (χ1v) is 9.94. The van der Waals surface area contributed by atoms with E-state index in [-0.39, 0.29) is 5.41 Å². The molecule has 0 N–H and O–H groups in total. The Hall–Kier alpha value is -2.21. The van der Waals surface area contributed by atoms with Crippen LogP contribution in [0.4, 0.5) is 0 Å². The summed E-state index contributed by atoms with van der Waals surface area (Å²) in [5.41, 5.74) is 7.46. The Balaban J connectivity index is 1.54. The van der Waals surface area contributed by atoms with E-state index in [2.05, 4.69) is 54.5 Å². The molecule has 27 heavy (non-hydrogen) atoms. The smallest absolute Gasteiger partial charge is 0.155 e. The number of hydrogen-bond donors (Lipinski definition) is 0. The molecule has 6 nitrogen and oxygen atoms in total. The van der Waals surface area contributed by atoms with E-state index in [4.69, 9.17) is 10.1 Å². The highest BCUT2D eigenvalue weighted by molar-refractivity contribution is 5.45. The summed E-state index contributed by atoms with van der Waals surface area (Å²) in [6.07, 6.45) is 7.63. The molecular weight excluding hydrogens is 336 g/mol. The zero-order valence-corrected chi connectivity index (χ0v) is 16.9. The van der Waals surface area contributed by atoms with Crippen molar-refractivity contribution in [3.63, 3.8) is 0 Å². The van der Waals surface area contributed by atoms with Crippen molar-refractivity contribution in [3.05, 3.63) is 46.7 Å². The SMILES string of the molecule is Cc1c(CN2C3CCC2c2cnc4cc(C(C)(C)C)nn4c2C3)cnn1C. The molecule has 1 fully saturated rings. The molecule has 2 aliphatic heterocycles. The van der Waals surface area contributed by atoms with Crippen molar-refractivity contribution >= 4 is 5.65 Å². The second-order valence-corrected chi connectivity index (χ2v) is 9.21. The summed E-state index contributed by atoms with van der Waals surface area (Å²) in [7, 11) is 2.02. The van der Waals surface area contributed by atoms with Crippen LogP contribution in [-0.4, -0.2) is 35.3 Å². The van der Waals surface area contributed by atoms with Gasteiger partial charge in [0, 0.05) is 66.6 Å². The summed E-state index contributed by atoms with van der Waals surface area (Å²) in [5, 5.41) is 9.37. The standard InChI is InChI=1S/C21H28N6/c1-13-14(10-23-25(13)5)12-26-15-6-7-17(26)16-11-22-20-9-19(21(2,3)4)24-27(20)18(16)8-15/h9-11,15,17H,6-8,12H2,1-5H3. The number of aromatic nitrogens is 5. The summed E-state index contributed by atoms with van der Waals surface area (Å²) in [5.74, 6) is 0. The molecule has 0 spiro atoms. The molecule has 0 aromatic carbocycles. The summed E-state index contributed by atoms with van der Waals surface area (Å²) < 4.78 is 4.09. The highest BCUT2D eigenvalue weighted by Crippen LogP contribution is 2.44. The maximum Gasteiger partial charge on any atom is 0.155 e. The molecule has 0 amide bonds. The second-order valence-electron chi connectivity index (χ2n) is 9.21. The maximum atomic E-state index is 4.94. The van der Waals surface area contributed by atoms with Gasteiger partial charge in [-0.2, -0.15) is 10.2 Å². The van der Waals surface area contributed by atoms with E-state index < -0.39 is 0 Å². The molecule has 2 bridgehead atoms. The Morgan fingerprint density at radius 2 is 2.00 bits per heavy atom. The van der Waals surface area contributed by atoms with E-state index in [1.807, 2.05) is 17.9 Å². The number of aryl methyl sites for hydroxylation is 1. The average molecular weight is 364 g/mol. The third-order valence-electron chi connectivity index (χ3n) is 6.50. The van der Waals surface area contributed by atoms with Crippen LogP contribution in [0, 0.1) is 6.92 Å². The van der Waals surface area contributed by atoms with Crippen LogP contribution >= 0.6 is 0 Å². The van der Waals surface area contributed by atoms with Crippen LogP contribution in [0.15, 0.2) is 18.5 Å². The van der Waals surface area contributed by atoms with Gasteiger partial charge in [-0.3, -0.25) is 9.58 Å². The van der Waals surface area contributed by atoms with E-state index in [1.165, 1.54) is 35.4 Å². The lowest BCUT2D eigenvalue weighted by atomic mass is 9.93. The highest BCUT2D eigenvalue weighted by Gasteiger charge is 2.41. The molecule has 2 unspecified atom stereocenters. The molecule has 2 atom stereocenters. The number of hydrogen-bond acceptors (Lipinski definition) is 4. The first kappa shape index (κ1) is 16.9. The largest absolute Gasteiger partial charge is 0.288 e. The average Bonchev–Trinajstić information content (AvgIpc) is 3.26. The fourth-order valence-corrected chi connectivity index (χ4v) is 4.69. The lowest BCUT2D eigenvalue weighted by Crippen LogP contribution is -2.38. The summed E-state index contributed by atoms with van der Waals surface area (Å²) >= 11 is 0. The first-order chi connectivity index (χ1) is 12.8. The molecule has 0 radical (unpaired) electrons. The fourth-order valence-electron chi connectivity index (χ4n) is 4.69. The minimum Gasteiger partial charge on any atom is -0.288 e. The van der Waals surface area contributed by atoms with E-state index >= 15 is 0 Å². The lowest BCUT2D eigenvalue weighted by molar-refractivity contribution is 0.164. The van der Waals surface area contributed by atoms with Gasteiger partial charge in [-0.05, 0) is 19.8 Å². The van der Waals surface area contributed by atoms with Gasteiger partial charge in [-0.25, -0.2) is 9.50 Å². The van der Waals surface area contributed by atoms with Crippen LogP contribution in [0.3, 0.4) is 0 Å². The summed E-state index contributed by atoms with van der Waals surface area (Å²) in [6, 6.07) is 3.17. The zero-order chi connectivity index (χ0) is 18.9. The van der Waals surface area contributed by atoms with Gasteiger partial charge in [-0.1, -0.05) is 20.8 Å². The quantitative estimate of drug-likeness (QED) is 0.700. The fraction of sp³-hybridized carbons (Fsp3) is 0.571. The second kappa shape index (κ2) is 5.64. The van der Waals surface area contributed by atoms with E-state index in [9.17, 15) is 0 Å². The van der Waals surface area contributed by atoms with Crippen LogP contribution in [0.1, 0.15) is 67.9 Å². The van der Waals surface area contributed by atoms with Crippen LogP contribution in [0.5, 0.6) is 0 Å². The van der Waals surface area contributed by atoms with Gasteiger partial charge in [0.1, 0.15) is 0 Å². The molecule has 1 saturated heterocycles. The Labute approximate surface area is 160 Å². The highest BCUT2D eigenvalue weighted by atomic mass is 15.3. The van der Waals surface area contributed by atoms with Gasteiger partial charge in [0.25, 0.3) is 0 Å². The molecule has 2 aliphatic rings. The van der Waals surface area contributed by atoms with Crippen molar-refractivity contribution in [2.75, 3.05) is 0 Å². The van der Waals surface area contributed by atoms with Gasteiger partial charge < -0.3 is 0 Å². The van der Waals surface area contributed by atoms with E-state index in [0.717, 1.165) is 24.3 Å². The van der Waals surface area contributed by atoms with Crippen molar-refractivity contribution in [1.82, 2.24) is 29.3 Å². The molecule has 142 valence electrons. The molecule has 5 rings (SSSR count). The Bertz CT molecular complexity index is 1020. The zero-order valence-electron chi connectivity index (χ0n) is 16.9.